The highest BCUT2D eigenvalue weighted by Gasteiger charge is 2.25. The van der Waals surface area contributed by atoms with Crippen molar-refractivity contribution in [3.8, 4) is 0 Å². The van der Waals surface area contributed by atoms with Crippen molar-refractivity contribution in [2.75, 3.05) is 6.54 Å². The lowest BCUT2D eigenvalue weighted by atomic mass is 10.0. The Morgan fingerprint density at radius 1 is 1.00 bits per heavy atom. The van der Waals surface area contributed by atoms with E-state index in [0.717, 1.165) is 6.54 Å². The van der Waals surface area contributed by atoms with Gasteiger partial charge in [0.15, 0.2) is 0 Å². The fourth-order valence-corrected chi connectivity index (χ4v) is 3.22. The van der Waals surface area contributed by atoms with Gasteiger partial charge in [0, 0.05) is 6.04 Å². The van der Waals surface area contributed by atoms with Gasteiger partial charge >= 0.3 is 0 Å². The van der Waals surface area contributed by atoms with E-state index in [0.29, 0.717) is 18.2 Å². The summed E-state index contributed by atoms with van der Waals surface area (Å²) >= 11 is 0. The summed E-state index contributed by atoms with van der Waals surface area (Å²) in [5.41, 5.74) is 0. The highest BCUT2D eigenvalue weighted by molar-refractivity contribution is 4.81. The molecule has 2 nitrogen and oxygen atoms in total. The highest BCUT2D eigenvalue weighted by atomic mass is 16.5. The van der Waals surface area contributed by atoms with Crippen molar-refractivity contribution in [3.63, 3.8) is 0 Å². The minimum atomic E-state index is 0.431. The molecule has 1 N–H and O–H groups in total. The van der Waals surface area contributed by atoms with Crippen molar-refractivity contribution in [2.45, 2.75) is 110 Å². The highest BCUT2D eigenvalue weighted by Crippen LogP contribution is 2.23. The van der Waals surface area contributed by atoms with E-state index in [1.54, 1.807) is 0 Å². The molecule has 0 radical (unpaired) electrons. The third kappa shape index (κ3) is 7.64. The van der Waals surface area contributed by atoms with Crippen LogP contribution in [-0.2, 0) is 4.74 Å². The van der Waals surface area contributed by atoms with Gasteiger partial charge in [-0.2, -0.15) is 0 Å². The smallest absolute Gasteiger partial charge is 0.0731 e. The fraction of sp³-hybridized carbons (Fsp3) is 1.00. The van der Waals surface area contributed by atoms with Crippen molar-refractivity contribution in [1.82, 2.24) is 5.32 Å². The third-order valence-corrected chi connectivity index (χ3v) is 4.48. The lowest BCUT2D eigenvalue weighted by Gasteiger charge is -2.29. The number of hydrogen-bond acceptors (Lipinski definition) is 2. The maximum absolute atomic E-state index is 6.40. The molecule has 1 rings (SSSR count). The second-order valence-electron chi connectivity index (χ2n) is 6.53. The molecule has 0 bridgehead atoms. The summed E-state index contributed by atoms with van der Waals surface area (Å²) in [5, 5.41) is 3.72. The first-order valence-corrected chi connectivity index (χ1v) is 9.16. The standard InChI is InChI=1S/C18H37NO/c1-4-6-7-9-12-16(3)20-18-14-11-8-10-13-17(18)19-15-5-2/h16-19H,4-15H2,1-3H3. The molecular formula is C18H37NO. The normalized spacial score (nSPS) is 25.4. The molecule has 0 saturated heterocycles. The van der Waals surface area contributed by atoms with E-state index in [9.17, 15) is 0 Å². The molecule has 1 saturated carbocycles. The molecule has 1 aliphatic carbocycles. The van der Waals surface area contributed by atoms with Crippen molar-refractivity contribution in [3.05, 3.63) is 0 Å². The van der Waals surface area contributed by atoms with Gasteiger partial charge in [0.1, 0.15) is 0 Å². The molecule has 1 aliphatic rings. The number of ether oxygens (including phenoxy) is 1. The van der Waals surface area contributed by atoms with Crippen molar-refractivity contribution in [1.29, 1.82) is 0 Å². The van der Waals surface area contributed by atoms with Crippen molar-refractivity contribution < 1.29 is 4.74 Å². The lowest BCUT2D eigenvalue weighted by Crippen LogP contribution is -2.42. The zero-order valence-electron chi connectivity index (χ0n) is 14.1. The Morgan fingerprint density at radius 2 is 1.80 bits per heavy atom. The van der Waals surface area contributed by atoms with E-state index in [2.05, 4.69) is 26.1 Å². The molecule has 0 amide bonds. The molecule has 0 aromatic rings. The molecular weight excluding hydrogens is 246 g/mol. The molecule has 0 heterocycles. The summed E-state index contributed by atoms with van der Waals surface area (Å²) in [6.07, 6.45) is 15.4. The van der Waals surface area contributed by atoms with Crippen molar-refractivity contribution >= 4 is 0 Å². The Bertz CT molecular complexity index is 219. The first-order valence-electron chi connectivity index (χ1n) is 9.16. The lowest BCUT2D eigenvalue weighted by molar-refractivity contribution is -0.0300. The van der Waals surface area contributed by atoms with E-state index >= 15 is 0 Å². The summed E-state index contributed by atoms with van der Waals surface area (Å²) in [6, 6.07) is 0.593. The van der Waals surface area contributed by atoms with Gasteiger partial charge in [-0.1, -0.05) is 58.8 Å². The van der Waals surface area contributed by atoms with Crippen LogP contribution in [0.3, 0.4) is 0 Å². The van der Waals surface area contributed by atoms with E-state index in [1.165, 1.54) is 70.6 Å². The number of nitrogens with one attached hydrogen (secondary N) is 1. The van der Waals surface area contributed by atoms with Crippen molar-refractivity contribution in [2.24, 2.45) is 0 Å². The van der Waals surface area contributed by atoms with E-state index in [1.807, 2.05) is 0 Å². The summed E-state index contributed by atoms with van der Waals surface area (Å²) in [7, 11) is 0. The van der Waals surface area contributed by atoms with Gasteiger partial charge in [0.2, 0.25) is 0 Å². The number of unbranched alkanes of at least 4 members (excludes halogenated alkanes) is 3. The predicted molar refractivity (Wildman–Crippen MR) is 88.3 cm³/mol. The molecule has 3 atom stereocenters. The Labute approximate surface area is 127 Å². The topological polar surface area (TPSA) is 21.3 Å². The van der Waals surface area contributed by atoms with Gasteiger partial charge in [-0.3, -0.25) is 0 Å². The maximum atomic E-state index is 6.40. The summed E-state index contributed by atoms with van der Waals surface area (Å²) in [4.78, 5) is 0. The Kier molecular flexibility index (Phi) is 10.4. The molecule has 2 heteroatoms. The molecule has 1 fully saturated rings. The van der Waals surface area contributed by atoms with Crippen LogP contribution in [0.25, 0.3) is 0 Å². The minimum absolute atomic E-state index is 0.431. The second-order valence-corrected chi connectivity index (χ2v) is 6.53. The average molecular weight is 284 g/mol. The Hall–Kier alpha value is -0.0800. The van der Waals surface area contributed by atoms with Crippen LogP contribution in [0.4, 0.5) is 0 Å². The molecule has 20 heavy (non-hydrogen) atoms. The maximum Gasteiger partial charge on any atom is 0.0731 e. The molecule has 3 unspecified atom stereocenters. The fourth-order valence-electron chi connectivity index (χ4n) is 3.22. The largest absolute Gasteiger partial charge is 0.374 e. The van der Waals surface area contributed by atoms with Gasteiger partial charge in [0.25, 0.3) is 0 Å². The molecule has 0 aromatic heterocycles. The Morgan fingerprint density at radius 3 is 2.55 bits per heavy atom. The van der Waals surface area contributed by atoms with Crippen LogP contribution in [0.5, 0.6) is 0 Å². The van der Waals surface area contributed by atoms with Gasteiger partial charge in [0.05, 0.1) is 12.2 Å². The summed E-state index contributed by atoms with van der Waals surface area (Å²) < 4.78 is 6.40. The van der Waals surface area contributed by atoms with Crippen LogP contribution in [-0.4, -0.2) is 24.8 Å². The van der Waals surface area contributed by atoms with Crippen LogP contribution in [0, 0.1) is 0 Å². The van der Waals surface area contributed by atoms with E-state index < -0.39 is 0 Å². The van der Waals surface area contributed by atoms with Crippen LogP contribution >= 0.6 is 0 Å². The van der Waals surface area contributed by atoms with Crippen LogP contribution < -0.4 is 5.32 Å². The molecule has 0 aromatic carbocycles. The van der Waals surface area contributed by atoms with Gasteiger partial charge < -0.3 is 10.1 Å². The quantitative estimate of drug-likeness (QED) is 0.447. The van der Waals surface area contributed by atoms with E-state index in [4.69, 9.17) is 4.74 Å². The van der Waals surface area contributed by atoms with Crippen LogP contribution in [0.15, 0.2) is 0 Å². The van der Waals surface area contributed by atoms with Crippen LogP contribution in [0.2, 0.25) is 0 Å². The summed E-state index contributed by atoms with van der Waals surface area (Å²) in [5.74, 6) is 0. The third-order valence-electron chi connectivity index (χ3n) is 4.48. The average Bonchev–Trinajstić information content (AvgIpc) is 2.67. The molecule has 120 valence electrons. The summed E-state index contributed by atoms with van der Waals surface area (Å²) in [6.45, 7) is 7.93. The molecule has 0 aliphatic heterocycles. The first-order chi connectivity index (χ1) is 9.77. The SMILES string of the molecule is CCCCCCC(C)OC1CCCCCC1NCCC. The predicted octanol–water partition coefficient (Wildman–Crippen LogP) is 5.06. The monoisotopic (exact) mass is 283 g/mol. The van der Waals surface area contributed by atoms with Gasteiger partial charge in [-0.25, -0.2) is 0 Å². The molecule has 0 spiro atoms. The van der Waals surface area contributed by atoms with E-state index in [-0.39, 0.29) is 0 Å². The zero-order valence-corrected chi connectivity index (χ0v) is 14.1. The van der Waals surface area contributed by atoms with Gasteiger partial charge in [-0.05, 0) is 39.2 Å². The first kappa shape index (κ1) is 18.0. The van der Waals surface area contributed by atoms with Crippen LogP contribution in [0.1, 0.15) is 91.4 Å². The number of hydrogen-bond donors (Lipinski definition) is 1. The van der Waals surface area contributed by atoms with Gasteiger partial charge in [-0.15, -0.1) is 0 Å². The number of rotatable bonds is 10. The minimum Gasteiger partial charge on any atom is -0.374 e. The Balaban J connectivity index is 2.31. The zero-order chi connectivity index (χ0) is 14.6. The second kappa shape index (κ2) is 11.6.